The Labute approximate surface area is 191 Å². The zero-order chi connectivity index (χ0) is 21.8. The maximum Gasteiger partial charge on any atom is 0.222 e. The number of nitrogens with zero attached hydrogens (tertiary/aromatic N) is 3. The van der Waals surface area contributed by atoms with Gasteiger partial charge in [-0.25, -0.2) is 9.97 Å². The van der Waals surface area contributed by atoms with E-state index in [1.54, 1.807) is 18.2 Å². The second-order valence-corrected chi connectivity index (χ2v) is 9.10. The molecule has 0 bridgehead atoms. The maximum atomic E-state index is 12.8. The number of amides is 1. The van der Waals surface area contributed by atoms with Gasteiger partial charge in [-0.1, -0.05) is 35.0 Å². The van der Waals surface area contributed by atoms with E-state index in [0.717, 1.165) is 22.1 Å². The molecule has 0 atom stereocenters. The summed E-state index contributed by atoms with van der Waals surface area (Å²) in [7, 11) is 0. The highest BCUT2D eigenvalue weighted by Gasteiger charge is 2.28. The van der Waals surface area contributed by atoms with Gasteiger partial charge < -0.3 is 4.90 Å². The molecular formula is C22H25Cl2N3O2S. The van der Waals surface area contributed by atoms with Crippen molar-refractivity contribution in [1.29, 1.82) is 0 Å². The van der Waals surface area contributed by atoms with Crippen LogP contribution in [0.4, 0.5) is 0 Å². The van der Waals surface area contributed by atoms with Crippen LogP contribution in [0.1, 0.15) is 46.6 Å². The molecule has 1 saturated heterocycles. The summed E-state index contributed by atoms with van der Waals surface area (Å²) in [4.78, 5) is 36.3. The number of halogens is 2. The lowest BCUT2D eigenvalue weighted by Crippen LogP contribution is -2.40. The van der Waals surface area contributed by atoms with Gasteiger partial charge in [0, 0.05) is 42.4 Å². The highest BCUT2D eigenvalue weighted by Crippen LogP contribution is 2.27. The molecule has 0 spiro atoms. The fourth-order valence-corrected chi connectivity index (χ4v) is 4.58. The first-order valence-electron chi connectivity index (χ1n) is 9.95. The molecule has 0 aliphatic carbocycles. The Bertz CT molecular complexity index is 936. The predicted octanol–water partition coefficient (Wildman–Crippen LogP) is 5.18. The van der Waals surface area contributed by atoms with Crippen molar-refractivity contribution in [2.24, 2.45) is 5.92 Å². The molecule has 1 aromatic carbocycles. The van der Waals surface area contributed by atoms with Gasteiger partial charge in [-0.15, -0.1) is 0 Å². The van der Waals surface area contributed by atoms with Gasteiger partial charge in [0.15, 0.2) is 10.9 Å². The Morgan fingerprint density at radius 2 is 1.73 bits per heavy atom. The molecule has 2 heterocycles. The number of ketones is 1. The van der Waals surface area contributed by atoms with Gasteiger partial charge in [-0.05, 0) is 63.1 Å². The van der Waals surface area contributed by atoms with E-state index in [-0.39, 0.29) is 17.6 Å². The largest absolute Gasteiger partial charge is 0.343 e. The molecule has 0 saturated carbocycles. The summed E-state index contributed by atoms with van der Waals surface area (Å²) in [6, 6.07) is 4.98. The average molecular weight is 466 g/mol. The number of thioether (sulfide) groups is 1. The van der Waals surface area contributed by atoms with Crippen molar-refractivity contribution < 1.29 is 9.59 Å². The lowest BCUT2D eigenvalue weighted by Gasteiger charge is -2.31. The Kier molecular flexibility index (Phi) is 7.77. The summed E-state index contributed by atoms with van der Waals surface area (Å²) in [5, 5.41) is 1.58. The zero-order valence-corrected chi connectivity index (χ0v) is 19.7. The number of carbonyl (C=O) groups excluding carboxylic acids is 2. The fraction of sp³-hybridized carbons (Fsp3) is 0.455. The van der Waals surface area contributed by atoms with Crippen molar-refractivity contribution in [3.8, 4) is 0 Å². The van der Waals surface area contributed by atoms with Crippen LogP contribution in [-0.2, 0) is 11.2 Å². The molecule has 1 aromatic heterocycles. The predicted molar refractivity (Wildman–Crippen MR) is 122 cm³/mol. The Balaban J connectivity index is 1.54. The maximum absolute atomic E-state index is 12.8. The zero-order valence-electron chi connectivity index (χ0n) is 17.4. The molecule has 1 fully saturated rings. The Morgan fingerprint density at radius 1 is 1.10 bits per heavy atom. The molecule has 1 amide bonds. The summed E-state index contributed by atoms with van der Waals surface area (Å²) in [5.74, 6) is 0.0874. The number of piperidine rings is 1. The molecule has 30 heavy (non-hydrogen) atoms. The minimum Gasteiger partial charge on any atom is -0.343 e. The van der Waals surface area contributed by atoms with E-state index in [1.165, 1.54) is 11.8 Å². The summed E-state index contributed by atoms with van der Waals surface area (Å²) in [5.41, 5.74) is 3.50. The van der Waals surface area contributed by atoms with E-state index in [4.69, 9.17) is 23.2 Å². The van der Waals surface area contributed by atoms with Gasteiger partial charge in [0.05, 0.1) is 10.0 Å². The van der Waals surface area contributed by atoms with Gasteiger partial charge in [0.25, 0.3) is 0 Å². The third kappa shape index (κ3) is 5.34. The van der Waals surface area contributed by atoms with Crippen LogP contribution in [0.3, 0.4) is 0 Å². The molecule has 1 aliphatic rings. The summed E-state index contributed by atoms with van der Waals surface area (Å²) in [6.45, 7) is 5.12. The van der Waals surface area contributed by atoms with Crippen molar-refractivity contribution >= 4 is 46.7 Å². The Hall–Kier alpha value is -1.63. The van der Waals surface area contributed by atoms with E-state index in [9.17, 15) is 9.59 Å². The smallest absolute Gasteiger partial charge is 0.222 e. The number of Topliss-reactive ketones (excluding diaryl/α,β-unsaturated/α-hetero) is 1. The van der Waals surface area contributed by atoms with Gasteiger partial charge >= 0.3 is 0 Å². The van der Waals surface area contributed by atoms with Crippen LogP contribution >= 0.6 is 35.0 Å². The SMILES string of the molecule is CSc1nc(C)c(CCC(=O)N2CCC(C(=O)c3ccc(Cl)c(Cl)c3)CC2)c(C)n1. The van der Waals surface area contributed by atoms with Crippen LogP contribution < -0.4 is 0 Å². The second-order valence-electron chi connectivity index (χ2n) is 7.51. The third-order valence-electron chi connectivity index (χ3n) is 5.59. The molecule has 8 heteroatoms. The third-order valence-corrected chi connectivity index (χ3v) is 6.88. The fourth-order valence-electron chi connectivity index (χ4n) is 3.83. The lowest BCUT2D eigenvalue weighted by atomic mass is 9.88. The number of benzene rings is 1. The van der Waals surface area contributed by atoms with Crippen molar-refractivity contribution in [3.05, 3.63) is 50.8 Å². The van der Waals surface area contributed by atoms with Crippen molar-refractivity contribution in [3.63, 3.8) is 0 Å². The van der Waals surface area contributed by atoms with Crippen LogP contribution in [-0.4, -0.2) is 45.9 Å². The normalized spacial score (nSPS) is 14.8. The van der Waals surface area contributed by atoms with Gasteiger partial charge in [0.2, 0.25) is 5.91 Å². The van der Waals surface area contributed by atoms with E-state index < -0.39 is 0 Å². The molecule has 0 N–H and O–H groups in total. The second kappa shape index (κ2) is 10.1. The minimum atomic E-state index is -0.0942. The molecule has 5 nitrogen and oxygen atoms in total. The van der Waals surface area contributed by atoms with E-state index >= 15 is 0 Å². The highest BCUT2D eigenvalue weighted by atomic mass is 35.5. The van der Waals surface area contributed by atoms with E-state index in [2.05, 4.69) is 9.97 Å². The van der Waals surface area contributed by atoms with Crippen LogP contribution in [0, 0.1) is 19.8 Å². The molecule has 2 aromatic rings. The summed E-state index contributed by atoms with van der Waals surface area (Å²) >= 11 is 13.5. The Morgan fingerprint density at radius 3 is 2.30 bits per heavy atom. The van der Waals surface area contributed by atoms with E-state index in [0.29, 0.717) is 54.4 Å². The minimum absolute atomic E-state index is 0.0675. The summed E-state index contributed by atoms with van der Waals surface area (Å²) < 4.78 is 0. The number of likely N-dealkylation sites (tertiary alicyclic amines) is 1. The molecular weight excluding hydrogens is 441 g/mol. The van der Waals surface area contributed by atoms with Gasteiger partial charge in [-0.2, -0.15) is 0 Å². The number of aromatic nitrogens is 2. The van der Waals surface area contributed by atoms with Crippen LogP contribution in [0.25, 0.3) is 0 Å². The highest BCUT2D eigenvalue weighted by molar-refractivity contribution is 7.98. The first kappa shape index (κ1) is 23.0. The molecule has 160 valence electrons. The van der Waals surface area contributed by atoms with Gasteiger partial charge in [0.1, 0.15) is 0 Å². The quantitative estimate of drug-likeness (QED) is 0.334. The van der Waals surface area contributed by atoms with Crippen LogP contribution in [0.2, 0.25) is 10.0 Å². The van der Waals surface area contributed by atoms with Crippen molar-refractivity contribution in [2.45, 2.75) is 44.7 Å². The number of aryl methyl sites for hydroxylation is 2. The molecule has 0 radical (unpaired) electrons. The van der Waals surface area contributed by atoms with Crippen LogP contribution in [0.15, 0.2) is 23.4 Å². The van der Waals surface area contributed by atoms with Crippen LogP contribution in [0.5, 0.6) is 0 Å². The first-order valence-corrected chi connectivity index (χ1v) is 11.9. The number of hydrogen-bond donors (Lipinski definition) is 0. The number of carbonyl (C=O) groups is 2. The number of rotatable bonds is 6. The standard InChI is InChI=1S/C22H25Cl2N3O2S/c1-13-17(14(2)26-22(25-13)30-3)5-7-20(28)27-10-8-15(9-11-27)21(29)16-4-6-18(23)19(24)12-16/h4,6,12,15H,5,7-11H2,1-3H3. The monoisotopic (exact) mass is 465 g/mol. The van der Waals surface area contributed by atoms with E-state index in [1.807, 2.05) is 25.0 Å². The average Bonchev–Trinajstić information content (AvgIpc) is 2.74. The lowest BCUT2D eigenvalue weighted by molar-refractivity contribution is -0.132. The van der Waals surface area contributed by atoms with Crippen molar-refractivity contribution in [2.75, 3.05) is 19.3 Å². The van der Waals surface area contributed by atoms with Crippen molar-refractivity contribution in [1.82, 2.24) is 14.9 Å². The molecule has 3 rings (SSSR count). The van der Waals surface area contributed by atoms with Gasteiger partial charge in [-0.3, -0.25) is 9.59 Å². The number of hydrogen-bond acceptors (Lipinski definition) is 5. The summed E-state index contributed by atoms with van der Waals surface area (Å²) in [6.07, 6.45) is 4.33. The molecule has 1 aliphatic heterocycles. The molecule has 0 unspecified atom stereocenters. The topological polar surface area (TPSA) is 63.2 Å². The first-order chi connectivity index (χ1) is 14.3.